The average molecular weight is 449 g/mol. The second kappa shape index (κ2) is 8.45. The zero-order valence-electron chi connectivity index (χ0n) is 19.2. The number of fused-ring (bicyclic) bond motifs is 1. The molecule has 0 aromatic heterocycles. The normalized spacial score (nSPS) is 37.4. The fourth-order valence-electron chi connectivity index (χ4n) is 6.93. The molecule has 178 valence electrons. The third-order valence-corrected chi connectivity index (χ3v) is 8.41. The summed E-state index contributed by atoms with van der Waals surface area (Å²) in [7, 11) is 0. The van der Waals surface area contributed by atoms with E-state index in [2.05, 4.69) is 6.58 Å². The number of hydrogen-bond acceptors (Lipinski definition) is 5. The SMILES string of the molecule is C=CCN(C(=O)C1N([C@@H](CC)CO)C(=O)[C@@H]2[C@H](C(=O)O)[C@]3(C)CCC12O3)C1CCCCC1. The highest BCUT2D eigenvalue weighted by atomic mass is 16.5. The third-order valence-electron chi connectivity index (χ3n) is 8.41. The molecule has 4 fully saturated rings. The van der Waals surface area contributed by atoms with Gasteiger partial charge in [-0.25, -0.2) is 0 Å². The molecule has 0 aromatic carbocycles. The van der Waals surface area contributed by atoms with Gasteiger partial charge in [-0.1, -0.05) is 32.3 Å². The molecule has 1 aliphatic carbocycles. The summed E-state index contributed by atoms with van der Waals surface area (Å²) in [4.78, 5) is 43.5. The monoisotopic (exact) mass is 448 g/mol. The van der Waals surface area contributed by atoms with Gasteiger partial charge in [0.2, 0.25) is 11.8 Å². The number of ether oxygens (including phenoxy) is 1. The molecule has 3 aliphatic heterocycles. The summed E-state index contributed by atoms with van der Waals surface area (Å²) in [5.41, 5.74) is -2.13. The van der Waals surface area contributed by atoms with Crippen LogP contribution in [0.15, 0.2) is 12.7 Å². The molecule has 1 saturated carbocycles. The largest absolute Gasteiger partial charge is 0.481 e. The van der Waals surface area contributed by atoms with Crippen LogP contribution in [0.2, 0.25) is 0 Å². The van der Waals surface area contributed by atoms with Gasteiger partial charge in [-0.05, 0) is 39.0 Å². The van der Waals surface area contributed by atoms with Crippen molar-refractivity contribution < 1.29 is 29.3 Å². The van der Waals surface area contributed by atoms with Crippen LogP contribution in [0.1, 0.15) is 65.2 Å². The highest BCUT2D eigenvalue weighted by Crippen LogP contribution is 2.63. The maximum atomic E-state index is 14.2. The molecule has 3 heterocycles. The number of aliphatic carboxylic acids is 1. The first-order valence-electron chi connectivity index (χ1n) is 12.0. The highest BCUT2D eigenvalue weighted by Gasteiger charge is 2.78. The minimum Gasteiger partial charge on any atom is -0.481 e. The summed E-state index contributed by atoms with van der Waals surface area (Å²) in [5, 5.41) is 20.1. The number of carbonyl (C=O) groups is 3. The first kappa shape index (κ1) is 23.2. The van der Waals surface area contributed by atoms with Crippen LogP contribution in [0, 0.1) is 11.8 Å². The smallest absolute Gasteiger partial charge is 0.310 e. The summed E-state index contributed by atoms with van der Waals surface area (Å²) in [6.07, 6.45) is 8.20. The van der Waals surface area contributed by atoms with Crippen molar-refractivity contribution in [1.82, 2.24) is 9.80 Å². The predicted molar refractivity (Wildman–Crippen MR) is 117 cm³/mol. The summed E-state index contributed by atoms with van der Waals surface area (Å²) < 4.78 is 6.44. The topological polar surface area (TPSA) is 107 Å². The van der Waals surface area contributed by atoms with E-state index in [4.69, 9.17) is 4.74 Å². The molecule has 2 amide bonds. The molecular weight excluding hydrogens is 412 g/mol. The van der Waals surface area contributed by atoms with E-state index in [-0.39, 0.29) is 24.5 Å². The Morgan fingerprint density at radius 2 is 2.00 bits per heavy atom. The van der Waals surface area contributed by atoms with Crippen molar-refractivity contribution in [2.24, 2.45) is 11.8 Å². The lowest BCUT2D eigenvalue weighted by molar-refractivity contribution is -0.159. The molecule has 0 aromatic rings. The van der Waals surface area contributed by atoms with E-state index >= 15 is 0 Å². The molecule has 2 bridgehead atoms. The van der Waals surface area contributed by atoms with Crippen molar-refractivity contribution in [1.29, 1.82) is 0 Å². The zero-order chi connectivity index (χ0) is 23.3. The molecule has 2 N–H and O–H groups in total. The predicted octanol–water partition coefficient (Wildman–Crippen LogP) is 1.95. The number of likely N-dealkylation sites (tertiary alicyclic amines) is 1. The third kappa shape index (κ3) is 3.21. The molecule has 2 unspecified atom stereocenters. The van der Waals surface area contributed by atoms with Crippen molar-refractivity contribution in [2.75, 3.05) is 13.2 Å². The lowest BCUT2D eigenvalue weighted by Crippen LogP contribution is -2.60. The average Bonchev–Trinajstić information content (AvgIpc) is 3.34. The Morgan fingerprint density at radius 3 is 2.56 bits per heavy atom. The number of hydrogen-bond donors (Lipinski definition) is 2. The number of rotatable bonds is 8. The molecule has 32 heavy (non-hydrogen) atoms. The van der Waals surface area contributed by atoms with Gasteiger partial charge in [0.15, 0.2) is 0 Å². The van der Waals surface area contributed by atoms with E-state index in [1.165, 1.54) is 4.90 Å². The highest BCUT2D eigenvalue weighted by molar-refractivity contribution is 5.98. The van der Waals surface area contributed by atoms with Crippen molar-refractivity contribution in [2.45, 2.75) is 94.5 Å². The maximum absolute atomic E-state index is 14.2. The van der Waals surface area contributed by atoms with Gasteiger partial charge in [-0.2, -0.15) is 0 Å². The zero-order valence-corrected chi connectivity index (χ0v) is 19.2. The van der Waals surface area contributed by atoms with Gasteiger partial charge in [0.25, 0.3) is 0 Å². The van der Waals surface area contributed by atoms with E-state index in [1.54, 1.807) is 13.0 Å². The van der Waals surface area contributed by atoms with Crippen LogP contribution in [0.5, 0.6) is 0 Å². The fraction of sp³-hybridized carbons (Fsp3) is 0.792. The van der Waals surface area contributed by atoms with Gasteiger partial charge < -0.3 is 24.7 Å². The second-order valence-corrected chi connectivity index (χ2v) is 10.1. The van der Waals surface area contributed by atoms with E-state index in [1.807, 2.05) is 11.8 Å². The Hall–Kier alpha value is -1.93. The summed E-state index contributed by atoms with van der Waals surface area (Å²) >= 11 is 0. The molecule has 3 saturated heterocycles. The first-order valence-corrected chi connectivity index (χ1v) is 12.0. The maximum Gasteiger partial charge on any atom is 0.310 e. The minimum absolute atomic E-state index is 0.0697. The number of amides is 2. The van der Waals surface area contributed by atoms with Crippen LogP contribution in [-0.2, 0) is 19.1 Å². The minimum atomic E-state index is -1.16. The molecule has 8 heteroatoms. The van der Waals surface area contributed by atoms with Gasteiger partial charge in [0.05, 0.1) is 30.1 Å². The lowest BCUT2D eigenvalue weighted by atomic mass is 9.66. The number of carbonyl (C=O) groups excluding carboxylic acids is 2. The molecule has 4 aliphatic rings. The van der Waals surface area contributed by atoms with Crippen LogP contribution < -0.4 is 0 Å². The Morgan fingerprint density at radius 1 is 1.31 bits per heavy atom. The Balaban J connectivity index is 1.79. The summed E-state index contributed by atoms with van der Waals surface area (Å²) in [6, 6.07) is -1.41. The lowest BCUT2D eigenvalue weighted by Gasteiger charge is -2.42. The number of carboxylic acids is 1. The van der Waals surface area contributed by atoms with Crippen LogP contribution in [0.3, 0.4) is 0 Å². The Bertz CT molecular complexity index is 791. The molecule has 6 atom stereocenters. The Labute approximate surface area is 189 Å². The number of carboxylic acid groups (broad SMARTS) is 1. The van der Waals surface area contributed by atoms with E-state index < -0.39 is 41.1 Å². The molecular formula is C24H36N2O6. The van der Waals surface area contributed by atoms with Gasteiger partial charge in [-0.3, -0.25) is 14.4 Å². The van der Waals surface area contributed by atoms with Gasteiger partial charge >= 0.3 is 5.97 Å². The van der Waals surface area contributed by atoms with E-state index in [9.17, 15) is 24.6 Å². The van der Waals surface area contributed by atoms with Crippen LogP contribution in [0.4, 0.5) is 0 Å². The quantitative estimate of drug-likeness (QED) is 0.550. The van der Waals surface area contributed by atoms with Gasteiger partial charge in [0, 0.05) is 12.6 Å². The number of aliphatic hydroxyl groups excluding tert-OH is 1. The summed E-state index contributed by atoms with van der Waals surface area (Å²) in [5.74, 6) is -3.54. The van der Waals surface area contributed by atoms with Crippen LogP contribution in [0.25, 0.3) is 0 Å². The molecule has 8 nitrogen and oxygen atoms in total. The standard InChI is InChI=1S/C24H36N2O6/c1-4-13-25(16-9-7-6-8-10-16)21(29)19-24-12-11-23(3,32-24)18(22(30)31)17(24)20(28)26(19)15(5-2)14-27/h4,15-19,27H,1,5-14H2,2-3H3,(H,30,31)/t15-,17-,18+,19?,23-,24?/m0/s1. The summed E-state index contributed by atoms with van der Waals surface area (Å²) in [6.45, 7) is 7.54. The molecule has 4 rings (SSSR count). The van der Waals surface area contributed by atoms with Gasteiger partial charge in [0.1, 0.15) is 11.6 Å². The number of nitrogens with zero attached hydrogens (tertiary/aromatic N) is 2. The fourth-order valence-corrected chi connectivity index (χ4v) is 6.93. The number of aliphatic hydroxyl groups is 1. The van der Waals surface area contributed by atoms with Crippen molar-refractivity contribution in [3.63, 3.8) is 0 Å². The second-order valence-electron chi connectivity index (χ2n) is 10.1. The van der Waals surface area contributed by atoms with Crippen molar-refractivity contribution in [3.8, 4) is 0 Å². The van der Waals surface area contributed by atoms with Crippen molar-refractivity contribution in [3.05, 3.63) is 12.7 Å². The molecule has 1 spiro atoms. The van der Waals surface area contributed by atoms with Crippen LogP contribution in [-0.4, -0.2) is 80.3 Å². The first-order chi connectivity index (χ1) is 15.3. The van der Waals surface area contributed by atoms with Crippen molar-refractivity contribution >= 4 is 17.8 Å². The molecule has 0 radical (unpaired) electrons. The Kier molecular flexibility index (Phi) is 6.13. The van der Waals surface area contributed by atoms with E-state index in [0.29, 0.717) is 25.8 Å². The van der Waals surface area contributed by atoms with E-state index in [0.717, 1.165) is 32.1 Å². The van der Waals surface area contributed by atoms with Gasteiger partial charge in [-0.15, -0.1) is 6.58 Å². The van der Waals surface area contributed by atoms with Crippen LogP contribution >= 0.6 is 0 Å².